The second-order valence-electron chi connectivity index (χ2n) is 4.98. The summed E-state index contributed by atoms with van der Waals surface area (Å²) in [4.78, 5) is 16.7. The highest BCUT2D eigenvalue weighted by atomic mass is 79.9. The fourth-order valence-corrected chi connectivity index (χ4v) is 4.34. The smallest absolute Gasteiger partial charge is 0.264 e. The van der Waals surface area contributed by atoms with Crippen molar-refractivity contribution in [3.63, 3.8) is 0 Å². The van der Waals surface area contributed by atoms with Crippen LogP contribution >= 0.6 is 38.6 Å². The molecule has 114 valence electrons. The number of hydrogen-bond donors (Lipinski definition) is 0. The van der Waals surface area contributed by atoms with Crippen molar-refractivity contribution in [3.8, 4) is 0 Å². The van der Waals surface area contributed by atoms with Gasteiger partial charge in [0.15, 0.2) is 0 Å². The lowest BCUT2D eigenvalue weighted by Crippen LogP contribution is -2.30. The number of thiophene rings is 2. The fourth-order valence-electron chi connectivity index (χ4n) is 2.23. The molecule has 0 N–H and O–H groups in total. The first-order chi connectivity index (χ1) is 10.6. The summed E-state index contributed by atoms with van der Waals surface area (Å²) in [6, 6.07) is 10.0. The largest absolute Gasteiger partial charge is 0.353 e. The maximum Gasteiger partial charge on any atom is 0.264 e. The van der Waals surface area contributed by atoms with Gasteiger partial charge in [-0.25, -0.2) is 0 Å². The average molecular weight is 395 g/mol. The average Bonchev–Trinajstić information content (AvgIpc) is 3.22. The molecule has 6 heteroatoms. The summed E-state index contributed by atoms with van der Waals surface area (Å²) in [6.45, 7) is 1.24. The van der Waals surface area contributed by atoms with Crippen LogP contribution in [0.2, 0.25) is 0 Å². The third-order valence-corrected chi connectivity index (χ3v) is 5.94. The standard InChI is InChI=1S/C16H15BrN2OS2/c1-18-6-2-4-13(18)9-19(10-14-5-3-7-21-14)16(20)15-8-12(17)11-22-15/h2-8,11H,9-10H2,1H3. The van der Waals surface area contributed by atoms with Gasteiger partial charge in [0.05, 0.1) is 18.0 Å². The van der Waals surface area contributed by atoms with Gasteiger partial charge >= 0.3 is 0 Å². The molecule has 3 heterocycles. The zero-order chi connectivity index (χ0) is 15.5. The Kier molecular flexibility index (Phi) is 4.81. The Hall–Kier alpha value is -1.37. The second-order valence-corrected chi connectivity index (χ2v) is 7.84. The summed E-state index contributed by atoms with van der Waals surface area (Å²) in [5.41, 5.74) is 1.13. The van der Waals surface area contributed by atoms with E-state index in [1.807, 2.05) is 47.1 Å². The molecule has 0 radical (unpaired) electrons. The van der Waals surface area contributed by atoms with Crippen LogP contribution in [0.5, 0.6) is 0 Å². The molecular weight excluding hydrogens is 380 g/mol. The molecule has 0 aliphatic rings. The number of carbonyl (C=O) groups is 1. The quantitative estimate of drug-likeness (QED) is 0.612. The zero-order valence-corrected chi connectivity index (χ0v) is 15.2. The fraction of sp³-hybridized carbons (Fsp3) is 0.188. The first-order valence-corrected chi connectivity index (χ1v) is 9.34. The Bertz CT molecular complexity index is 761. The molecule has 0 aliphatic carbocycles. The predicted molar refractivity (Wildman–Crippen MR) is 95.3 cm³/mol. The summed E-state index contributed by atoms with van der Waals surface area (Å²) in [7, 11) is 2.00. The molecule has 22 heavy (non-hydrogen) atoms. The van der Waals surface area contributed by atoms with Crippen LogP contribution in [-0.2, 0) is 20.1 Å². The number of hydrogen-bond acceptors (Lipinski definition) is 3. The number of carbonyl (C=O) groups excluding carboxylic acids is 1. The molecule has 1 amide bonds. The number of nitrogens with zero attached hydrogens (tertiary/aromatic N) is 2. The minimum Gasteiger partial charge on any atom is -0.353 e. The van der Waals surface area contributed by atoms with Gasteiger partial charge in [-0.2, -0.15) is 0 Å². The molecule has 0 unspecified atom stereocenters. The third kappa shape index (κ3) is 3.51. The molecule has 0 bridgehead atoms. The lowest BCUT2D eigenvalue weighted by molar-refractivity contribution is 0.0733. The maximum absolute atomic E-state index is 12.8. The van der Waals surface area contributed by atoms with E-state index in [9.17, 15) is 4.79 Å². The molecule has 0 spiro atoms. The summed E-state index contributed by atoms with van der Waals surface area (Å²) in [5, 5.41) is 3.99. The Morgan fingerprint density at radius 3 is 2.73 bits per heavy atom. The summed E-state index contributed by atoms with van der Waals surface area (Å²) >= 11 is 6.57. The van der Waals surface area contributed by atoms with E-state index in [1.54, 1.807) is 11.3 Å². The van der Waals surface area contributed by atoms with Crippen LogP contribution in [0.25, 0.3) is 0 Å². The van der Waals surface area contributed by atoms with Crippen molar-refractivity contribution in [2.75, 3.05) is 0 Å². The van der Waals surface area contributed by atoms with E-state index in [0.717, 1.165) is 15.0 Å². The van der Waals surface area contributed by atoms with Gasteiger partial charge in [0.25, 0.3) is 5.91 Å². The summed E-state index contributed by atoms with van der Waals surface area (Å²) in [5.74, 6) is 0.0744. The Morgan fingerprint density at radius 1 is 1.27 bits per heavy atom. The van der Waals surface area contributed by atoms with Crippen molar-refractivity contribution in [1.82, 2.24) is 9.47 Å². The van der Waals surface area contributed by atoms with Crippen LogP contribution < -0.4 is 0 Å². The molecular formula is C16H15BrN2OS2. The van der Waals surface area contributed by atoms with Gasteiger partial charge in [0.2, 0.25) is 0 Å². The van der Waals surface area contributed by atoms with E-state index in [1.165, 1.54) is 16.2 Å². The van der Waals surface area contributed by atoms with Crippen molar-refractivity contribution in [1.29, 1.82) is 0 Å². The lowest BCUT2D eigenvalue weighted by Gasteiger charge is -2.22. The van der Waals surface area contributed by atoms with Gasteiger partial charge in [-0.15, -0.1) is 22.7 Å². The van der Waals surface area contributed by atoms with Crippen molar-refractivity contribution in [3.05, 3.63) is 67.2 Å². The van der Waals surface area contributed by atoms with Gasteiger partial charge < -0.3 is 9.47 Å². The van der Waals surface area contributed by atoms with E-state index in [0.29, 0.717) is 13.1 Å². The first kappa shape index (κ1) is 15.5. The first-order valence-electron chi connectivity index (χ1n) is 6.79. The molecule has 0 atom stereocenters. The Balaban J connectivity index is 1.85. The highest BCUT2D eigenvalue weighted by Crippen LogP contribution is 2.23. The molecule has 0 saturated carbocycles. The van der Waals surface area contributed by atoms with Gasteiger partial charge in [-0.3, -0.25) is 4.79 Å². The summed E-state index contributed by atoms with van der Waals surface area (Å²) < 4.78 is 3.01. The van der Waals surface area contributed by atoms with E-state index in [-0.39, 0.29) is 5.91 Å². The number of aryl methyl sites for hydroxylation is 1. The lowest BCUT2D eigenvalue weighted by atomic mass is 10.3. The van der Waals surface area contributed by atoms with Crippen molar-refractivity contribution in [2.45, 2.75) is 13.1 Å². The van der Waals surface area contributed by atoms with E-state index in [2.05, 4.69) is 32.6 Å². The van der Waals surface area contributed by atoms with E-state index >= 15 is 0 Å². The molecule has 0 aliphatic heterocycles. The van der Waals surface area contributed by atoms with E-state index < -0.39 is 0 Å². The monoisotopic (exact) mass is 394 g/mol. The Morgan fingerprint density at radius 2 is 2.14 bits per heavy atom. The van der Waals surface area contributed by atoms with Crippen molar-refractivity contribution in [2.24, 2.45) is 7.05 Å². The van der Waals surface area contributed by atoms with Crippen molar-refractivity contribution < 1.29 is 4.79 Å². The molecule has 0 fully saturated rings. The minimum atomic E-state index is 0.0744. The molecule has 0 saturated heterocycles. The zero-order valence-electron chi connectivity index (χ0n) is 12.0. The van der Waals surface area contributed by atoms with Gasteiger partial charge in [0.1, 0.15) is 0 Å². The van der Waals surface area contributed by atoms with Crippen molar-refractivity contribution >= 4 is 44.5 Å². The number of halogens is 1. The van der Waals surface area contributed by atoms with E-state index in [4.69, 9.17) is 0 Å². The number of rotatable bonds is 5. The third-order valence-electron chi connectivity index (χ3n) is 3.40. The predicted octanol–water partition coefficient (Wildman–Crippen LogP) is 4.75. The Labute approximate surface area is 145 Å². The topological polar surface area (TPSA) is 25.2 Å². The molecule has 3 nitrogen and oxygen atoms in total. The highest BCUT2D eigenvalue weighted by Gasteiger charge is 2.19. The van der Waals surface area contributed by atoms with Gasteiger partial charge in [0, 0.05) is 33.7 Å². The molecule has 3 aromatic rings. The maximum atomic E-state index is 12.8. The highest BCUT2D eigenvalue weighted by molar-refractivity contribution is 9.10. The molecule has 3 aromatic heterocycles. The second kappa shape index (κ2) is 6.81. The molecule has 0 aromatic carbocycles. The van der Waals surface area contributed by atoms with Crippen LogP contribution in [0.15, 0.2) is 51.8 Å². The van der Waals surface area contributed by atoms with Gasteiger partial charge in [-0.1, -0.05) is 6.07 Å². The van der Waals surface area contributed by atoms with Crippen LogP contribution in [-0.4, -0.2) is 15.4 Å². The minimum absolute atomic E-state index is 0.0744. The van der Waals surface area contributed by atoms with Crippen LogP contribution in [0.1, 0.15) is 20.2 Å². The van der Waals surface area contributed by atoms with Crippen LogP contribution in [0, 0.1) is 0 Å². The number of amides is 1. The summed E-state index contributed by atoms with van der Waals surface area (Å²) in [6.07, 6.45) is 2.00. The van der Waals surface area contributed by atoms with Crippen LogP contribution in [0.3, 0.4) is 0 Å². The molecule has 3 rings (SSSR count). The SMILES string of the molecule is Cn1cccc1CN(Cc1cccs1)C(=O)c1cc(Br)cs1. The van der Waals surface area contributed by atoms with Crippen LogP contribution in [0.4, 0.5) is 0 Å². The number of aromatic nitrogens is 1. The normalized spacial score (nSPS) is 10.8. The van der Waals surface area contributed by atoms with Gasteiger partial charge in [-0.05, 0) is 45.6 Å².